The lowest BCUT2D eigenvalue weighted by molar-refractivity contribution is -0.146. The first-order valence-electron chi connectivity index (χ1n) is 11.2. The molecule has 0 spiro atoms. The van der Waals surface area contributed by atoms with Crippen molar-refractivity contribution in [1.82, 2.24) is 0 Å². The van der Waals surface area contributed by atoms with Gasteiger partial charge in [0.05, 0.1) is 0 Å². The molecule has 0 aliphatic rings. The molecule has 0 aromatic heterocycles. The van der Waals surface area contributed by atoms with Gasteiger partial charge in [0.1, 0.15) is 0 Å². The molecular formula is C24H24F10O2. The van der Waals surface area contributed by atoms with Crippen molar-refractivity contribution in [2.45, 2.75) is 71.5 Å². The molecule has 2 nitrogen and oxygen atoms in total. The van der Waals surface area contributed by atoms with Crippen LogP contribution in [-0.2, 0) is 0 Å². The molecule has 0 aliphatic heterocycles. The van der Waals surface area contributed by atoms with Gasteiger partial charge in [0.15, 0.2) is 0 Å². The van der Waals surface area contributed by atoms with Crippen molar-refractivity contribution >= 4 is 0 Å². The highest BCUT2D eigenvalue weighted by molar-refractivity contribution is 5.32. The van der Waals surface area contributed by atoms with E-state index in [9.17, 15) is 43.9 Å². The fourth-order valence-corrected chi connectivity index (χ4v) is 3.47. The van der Waals surface area contributed by atoms with E-state index < -0.39 is 81.4 Å². The zero-order valence-corrected chi connectivity index (χ0v) is 19.6. The molecule has 2 aromatic carbocycles. The number of benzene rings is 2. The Morgan fingerprint density at radius 1 is 0.528 bits per heavy atom. The maximum Gasteiger partial charge on any atom is 0.251 e. The molecule has 36 heavy (non-hydrogen) atoms. The van der Waals surface area contributed by atoms with Gasteiger partial charge in [0, 0.05) is 12.8 Å². The van der Waals surface area contributed by atoms with Crippen molar-refractivity contribution in [3.63, 3.8) is 0 Å². The van der Waals surface area contributed by atoms with Gasteiger partial charge < -0.3 is 9.47 Å². The van der Waals surface area contributed by atoms with Gasteiger partial charge in [-0.25, -0.2) is 26.3 Å². The smallest absolute Gasteiger partial charge is 0.251 e. The van der Waals surface area contributed by atoms with E-state index in [1.807, 2.05) is 6.92 Å². The van der Waals surface area contributed by atoms with Crippen LogP contribution in [0.15, 0.2) is 0 Å². The topological polar surface area (TPSA) is 18.5 Å². The van der Waals surface area contributed by atoms with Crippen LogP contribution in [0.2, 0.25) is 0 Å². The number of ether oxygens (including phenoxy) is 2. The molecule has 0 saturated heterocycles. The van der Waals surface area contributed by atoms with Crippen molar-refractivity contribution in [1.29, 1.82) is 0 Å². The van der Waals surface area contributed by atoms with Crippen LogP contribution in [0.1, 0.15) is 65.7 Å². The molecule has 0 aliphatic carbocycles. The van der Waals surface area contributed by atoms with Crippen LogP contribution >= 0.6 is 0 Å². The maximum atomic E-state index is 14.3. The fraction of sp³-hybridized carbons (Fsp3) is 0.500. The monoisotopic (exact) mass is 534 g/mol. The van der Waals surface area contributed by atoms with Gasteiger partial charge in [-0.2, -0.15) is 17.6 Å². The first-order chi connectivity index (χ1) is 16.8. The van der Waals surface area contributed by atoms with Crippen LogP contribution in [0.3, 0.4) is 0 Å². The van der Waals surface area contributed by atoms with E-state index in [1.165, 1.54) is 6.92 Å². The molecule has 2 rings (SSSR count). The molecule has 0 bridgehead atoms. The van der Waals surface area contributed by atoms with Crippen molar-refractivity contribution in [2.24, 2.45) is 5.92 Å². The summed E-state index contributed by atoms with van der Waals surface area (Å²) < 4.78 is 149. The molecule has 0 heterocycles. The minimum Gasteiger partial charge on any atom is -0.446 e. The summed E-state index contributed by atoms with van der Waals surface area (Å²) in [5.74, 6) is -31.5. The standard InChI is InChI=1S/C24H24F10O2/c1-4-5-6-7-8-9-10-11(2)24(3,35-22-18(31)14(27)12(25)15(28)19(22)32)36-23-20(33)16(29)13(26)17(30)21(23)34/h11H,4-10H2,1-3H3. The average Bonchev–Trinajstić information content (AvgIpc) is 2.86. The van der Waals surface area contributed by atoms with Gasteiger partial charge in [0.2, 0.25) is 69.7 Å². The normalized spacial score (nSPS) is 12.7. The molecule has 202 valence electrons. The van der Waals surface area contributed by atoms with Gasteiger partial charge in [-0.15, -0.1) is 0 Å². The van der Waals surface area contributed by atoms with Crippen LogP contribution < -0.4 is 9.47 Å². The molecule has 2 aromatic rings. The summed E-state index contributed by atoms with van der Waals surface area (Å²) in [6, 6.07) is 0. The summed E-state index contributed by atoms with van der Waals surface area (Å²) in [7, 11) is 0. The zero-order valence-electron chi connectivity index (χ0n) is 19.6. The van der Waals surface area contributed by atoms with E-state index in [4.69, 9.17) is 9.47 Å². The number of rotatable bonds is 12. The van der Waals surface area contributed by atoms with Crippen LogP contribution in [0.4, 0.5) is 43.9 Å². The Bertz CT molecular complexity index is 960. The Kier molecular flexibility index (Phi) is 9.90. The predicted molar refractivity (Wildman–Crippen MR) is 109 cm³/mol. The van der Waals surface area contributed by atoms with Crippen LogP contribution in [0.5, 0.6) is 11.5 Å². The first-order valence-corrected chi connectivity index (χ1v) is 11.2. The predicted octanol–water partition coefficient (Wildman–Crippen LogP) is 8.64. The van der Waals surface area contributed by atoms with E-state index in [1.54, 1.807) is 0 Å². The Morgan fingerprint density at radius 3 is 1.19 bits per heavy atom. The molecule has 0 fully saturated rings. The molecule has 0 N–H and O–H groups in total. The minimum atomic E-state index is -2.64. The lowest BCUT2D eigenvalue weighted by Gasteiger charge is -2.36. The number of hydrogen-bond donors (Lipinski definition) is 0. The Morgan fingerprint density at radius 2 is 0.833 bits per heavy atom. The Labute approximate surface area is 201 Å². The van der Waals surface area contributed by atoms with Gasteiger partial charge in [0.25, 0.3) is 5.79 Å². The van der Waals surface area contributed by atoms with Crippen molar-refractivity contribution in [3.8, 4) is 11.5 Å². The molecule has 12 heteroatoms. The van der Waals surface area contributed by atoms with E-state index in [0.717, 1.165) is 32.6 Å². The average molecular weight is 534 g/mol. The van der Waals surface area contributed by atoms with E-state index >= 15 is 0 Å². The van der Waals surface area contributed by atoms with E-state index in [0.29, 0.717) is 12.8 Å². The molecular weight excluding hydrogens is 510 g/mol. The van der Waals surface area contributed by atoms with Gasteiger partial charge in [-0.05, 0) is 6.42 Å². The van der Waals surface area contributed by atoms with Gasteiger partial charge in [-0.3, -0.25) is 0 Å². The highest BCUT2D eigenvalue weighted by Gasteiger charge is 2.42. The highest BCUT2D eigenvalue weighted by Crippen LogP contribution is 2.39. The maximum absolute atomic E-state index is 14.3. The van der Waals surface area contributed by atoms with Crippen LogP contribution in [0, 0.1) is 64.1 Å². The number of unbranched alkanes of at least 4 members (excludes halogenated alkanes) is 5. The summed E-state index contributed by atoms with van der Waals surface area (Å²) in [4.78, 5) is 0. The number of halogens is 10. The van der Waals surface area contributed by atoms with Gasteiger partial charge >= 0.3 is 0 Å². The lowest BCUT2D eigenvalue weighted by Crippen LogP contribution is -2.46. The second-order valence-corrected chi connectivity index (χ2v) is 8.48. The summed E-state index contributed by atoms with van der Waals surface area (Å²) in [6.45, 7) is 4.12. The minimum absolute atomic E-state index is 0.0768. The van der Waals surface area contributed by atoms with E-state index in [-0.39, 0.29) is 6.42 Å². The van der Waals surface area contributed by atoms with Crippen molar-refractivity contribution < 1.29 is 53.4 Å². The third-order valence-corrected chi connectivity index (χ3v) is 5.83. The first kappa shape index (κ1) is 29.6. The largest absolute Gasteiger partial charge is 0.446 e. The van der Waals surface area contributed by atoms with Gasteiger partial charge in [-0.1, -0.05) is 52.4 Å². The molecule has 1 atom stereocenters. The SMILES string of the molecule is CCCCCCCCC(C)C(C)(Oc1c(F)c(F)c(F)c(F)c1F)Oc1c(F)c(F)c(F)c(F)c1F. The highest BCUT2D eigenvalue weighted by atomic mass is 19.2. The summed E-state index contributed by atoms with van der Waals surface area (Å²) in [5, 5.41) is 0. The van der Waals surface area contributed by atoms with Crippen LogP contribution in [0.25, 0.3) is 0 Å². The Balaban J connectivity index is 2.50. The molecule has 0 saturated carbocycles. The summed E-state index contributed by atoms with van der Waals surface area (Å²) >= 11 is 0. The second-order valence-electron chi connectivity index (χ2n) is 8.48. The Hall–Kier alpha value is -2.66. The van der Waals surface area contributed by atoms with Crippen LogP contribution in [-0.4, -0.2) is 5.79 Å². The molecule has 1 unspecified atom stereocenters. The quantitative estimate of drug-likeness (QED) is 0.0892. The molecule has 0 amide bonds. The van der Waals surface area contributed by atoms with Crippen molar-refractivity contribution in [2.75, 3.05) is 0 Å². The van der Waals surface area contributed by atoms with Crippen molar-refractivity contribution in [3.05, 3.63) is 58.2 Å². The fourth-order valence-electron chi connectivity index (χ4n) is 3.47. The van der Waals surface area contributed by atoms with E-state index in [2.05, 4.69) is 0 Å². The lowest BCUT2D eigenvalue weighted by atomic mass is 9.94. The third-order valence-electron chi connectivity index (χ3n) is 5.83. The third kappa shape index (κ3) is 6.00. The number of hydrogen-bond acceptors (Lipinski definition) is 2. The summed E-state index contributed by atoms with van der Waals surface area (Å²) in [6.07, 6.45) is 4.79. The molecule has 0 radical (unpaired) electrons. The summed E-state index contributed by atoms with van der Waals surface area (Å²) in [5.41, 5.74) is 0. The second kappa shape index (κ2) is 12.1. The zero-order chi connectivity index (χ0) is 27.4.